The molecule has 84 valence electrons. The fraction of sp³-hybridized carbons (Fsp3) is 0.364. The van der Waals surface area contributed by atoms with Crippen LogP contribution in [0.3, 0.4) is 0 Å². The molecule has 0 spiro atoms. The molecule has 2 rings (SSSR count). The summed E-state index contributed by atoms with van der Waals surface area (Å²) in [6.07, 6.45) is 1.52. The molecule has 0 amide bonds. The fourth-order valence-corrected chi connectivity index (χ4v) is 1.46. The Balaban J connectivity index is 2.49. The second-order valence-electron chi connectivity index (χ2n) is 4.00. The van der Waals surface area contributed by atoms with Crippen molar-refractivity contribution < 1.29 is 4.79 Å². The van der Waals surface area contributed by atoms with Gasteiger partial charge in [0.25, 0.3) is 0 Å². The Morgan fingerprint density at radius 2 is 2.31 bits per heavy atom. The van der Waals surface area contributed by atoms with Crippen LogP contribution in [-0.4, -0.2) is 27.3 Å². The smallest absolute Gasteiger partial charge is 0.178 e. The molecule has 16 heavy (non-hydrogen) atoms. The first kappa shape index (κ1) is 10.8. The number of carbonyl (C=O) groups is 1. The van der Waals surface area contributed by atoms with Crippen LogP contribution in [0.1, 0.15) is 35.9 Å². The third kappa shape index (κ3) is 1.81. The van der Waals surface area contributed by atoms with Crippen molar-refractivity contribution in [2.24, 2.45) is 5.73 Å². The van der Waals surface area contributed by atoms with Crippen LogP contribution in [0.4, 0.5) is 0 Å². The number of imidazole rings is 1. The topological polar surface area (TPSA) is 84.7 Å². The molecule has 0 saturated carbocycles. The van der Waals surface area contributed by atoms with Gasteiger partial charge in [0.2, 0.25) is 0 Å². The maximum Gasteiger partial charge on any atom is 0.178 e. The molecular weight excluding hydrogens is 204 g/mol. The molecule has 3 N–H and O–H groups in total. The molecule has 5 nitrogen and oxygen atoms in total. The summed E-state index contributed by atoms with van der Waals surface area (Å²) in [4.78, 5) is 23.0. The highest BCUT2D eigenvalue weighted by molar-refractivity contribution is 5.99. The van der Waals surface area contributed by atoms with E-state index in [1.165, 1.54) is 6.20 Å². The zero-order valence-electron chi connectivity index (χ0n) is 9.32. The van der Waals surface area contributed by atoms with Crippen molar-refractivity contribution in [3.05, 3.63) is 23.7 Å². The van der Waals surface area contributed by atoms with Crippen LogP contribution >= 0.6 is 0 Å². The van der Waals surface area contributed by atoms with E-state index >= 15 is 0 Å². The number of H-pyrrole nitrogens is 1. The highest BCUT2D eigenvalue weighted by Gasteiger charge is 2.10. The minimum absolute atomic E-state index is 0.00163. The minimum Gasteiger partial charge on any atom is -0.340 e. The van der Waals surface area contributed by atoms with E-state index in [4.69, 9.17) is 5.73 Å². The molecule has 0 aliphatic heterocycles. The number of Topliss-reactive ketones (excluding diaryl/α,β-unsaturated/α-hetero) is 1. The average Bonchev–Trinajstić information content (AvgIpc) is 2.70. The van der Waals surface area contributed by atoms with Crippen molar-refractivity contribution in [3.8, 4) is 0 Å². The monoisotopic (exact) mass is 218 g/mol. The van der Waals surface area contributed by atoms with E-state index < -0.39 is 0 Å². The summed E-state index contributed by atoms with van der Waals surface area (Å²) in [7, 11) is 0. The van der Waals surface area contributed by atoms with Gasteiger partial charge in [-0.25, -0.2) is 9.97 Å². The Morgan fingerprint density at radius 3 is 2.94 bits per heavy atom. The summed E-state index contributed by atoms with van der Waals surface area (Å²) in [6, 6.07) is 1.75. The van der Waals surface area contributed by atoms with E-state index in [1.807, 2.05) is 13.8 Å². The van der Waals surface area contributed by atoms with Gasteiger partial charge in [-0.15, -0.1) is 0 Å². The van der Waals surface area contributed by atoms with Crippen molar-refractivity contribution in [2.75, 3.05) is 6.54 Å². The molecule has 0 aliphatic carbocycles. The number of pyridine rings is 1. The lowest BCUT2D eigenvalue weighted by Gasteiger charge is -1.96. The van der Waals surface area contributed by atoms with E-state index in [0.717, 1.165) is 11.3 Å². The van der Waals surface area contributed by atoms with Crippen molar-refractivity contribution in [1.82, 2.24) is 15.0 Å². The van der Waals surface area contributed by atoms with Crippen LogP contribution in [0.15, 0.2) is 12.3 Å². The van der Waals surface area contributed by atoms with Crippen LogP contribution in [0, 0.1) is 0 Å². The summed E-state index contributed by atoms with van der Waals surface area (Å²) < 4.78 is 0. The lowest BCUT2D eigenvalue weighted by atomic mass is 10.2. The summed E-state index contributed by atoms with van der Waals surface area (Å²) >= 11 is 0. The largest absolute Gasteiger partial charge is 0.340 e. The highest BCUT2D eigenvalue weighted by Crippen LogP contribution is 2.16. The molecule has 2 heterocycles. The number of rotatable bonds is 3. The number of hydrogen-bond donors (Lipinski definition) is 2. The van der Waals surface area contributed by atoms with Crippen LogP contribution in [-0.2, 0) is 0 Å². The van der Waals surface area contributed by atoms with E-state index in [0.29, 0.717) is 17.1 Å². The summed E-state index contributed by atoms with van der Waals surface area (Å²) in [5.41, 5.74) is 7.24. The molecule has 0 bridgehead atoms. The van der Waals surface area contributed by atoms with E-state index in [-0.39, 0.29) is 12.3 Å². The first-order valence-corrected chi connectivity index (χ1v) is 5.20. The number of nitrogens with two attached hydrogens (primary N) is 1. The zero-order valence-corrected chi connectivity index (χ0v) is 9.32. The van der Waals surface area contributed by atoms with Crippen LogP contribution < -0.4 is 5.73 Å². The third-order valence-electron chi connectivity index (χ3n) is 2.41. The minimum atomic E-state index is -0.116. The van der Waals surface area contributed by atoms with Gasteiger partial charge in [-0.1, -0.05) is 13.8 Å². The Hall–Kier alpha value is -1.75. The molecule has 0 radical (unpaired) electrons. The Morgan fingerprint density at radius 1 is 1.56 bits per heavy atom. The number of nitrogens with zero attached hydrogens (tertiary/aromatic N) is 2. The highest BCUT2D eigenvalue weighted by atomic mass is 16.1. The van der Waals surface area contributed by atoms with E-state index in [9.17, 15) is 4.79 Å². The first-order chi connectivity index (χ1) is 7.61. The number of hydrogen-bond acceptors (Lipinski definition) is 4. The van der Waals surface area contributed by atoms with Crippen molar-refractivity contribution in [1.29, 1.82) is 0 Å². The van der Waals surface area contributed by atoms with Crippen LogP contribution in [0.25, 0.3) is 11.2 Å². The molecule has 0 saturated heterocycles. The van der Waals surface area contributed by atoms with E-state index in [1.54, 1.807) is 6.07 Å². The van der Waals surface area contributed by atoms with Gasteiger partial charge in [-0.2, -0.15) is 0 Å². The van der Waals surface area contributed by atoms with Gasteiger partial charge < -0.3 is 10.7 Å². The summed E-state index contributed by atoms with van der Waals surface area (Å²) in [5.74, 6) is 1.07. The SMILES string of the molecule is CC(C)c1nc2ncc(C(=O)CN)cc2[nH]1. The summed E-state index contributed by atoms with van der Waals surface area (Å²) in [6.45, 7) is 4.09. The molecule has 0 atom stereocenters. The number of fused-ring (bicyclic) bond motifs is 1. The van der Waals surface area contributed by atoms with Gasteiger partial charge in [0.15, 0.2) is 11.4 Å². The maximum absolute atomic E-state index is 11.4. The van der Waals surface area contributed by atoms with Crippen LogP contribution in [0.2, 0.25) is 0 Å². The lowest BCUT2D eigenvalue weighted by Crippen LogP contribution is -2.13. The molecule has 5 heteroatoms. The number of aromatic amines is 1. The predicted octanol–water partition coefficient (Wildman–Crippen LogP) is 1.22. The third-order valence-corrected chi connectivity index (χ3v) is 2.41. The van der Waals surface area contributed by atoms with E-state index in [2.05, 4.69) is 15.0 Å². The molecule has 2 aromatic rings. The lowest BCUT2D eigenvalue weighted by molar-refractivity contribution is 0.100. The number of aromatic nitrogens is 3. The zero-order chi connectivity index (χ0) is 11.7. The second kappa shape index (κ2) is 4.02. The maximum atomic E-state index is 11.4. The average molecular weight is 218 g/mol. The van der Waals surface area contributed by atoms with Gasteiger partial charge in [0.05, 0.1) is 12.1 Å². The Kier molecular flexibility index (Phi) is 2.70. The predicted molar refractivity (Wildman–Crippen MR) is 61.4 cm³/mol. The normalized spacial score (nSPS) is 11.2. The molecule has 0 aliphatic rings. The second-order valence-corrected chi connectivity index (χ2v) is 4.00. The molecule has 2 aromatic heterocycles. The van der Waals surface area contributed by atoms with Gasteiger partial charge in [-0.05, 0) is 6.07 Å². The van der Waals surface area contributed by atoms with Gasteiger partial charge in [-0.3, -0.25) is 4.79 Å². The molecule has 0 aromatic carbocycles. The van der Waals surface area contributed by atoms with Crippen molar-refractivity contribution >= 4 is 16.9 Å². The summed E-state index contributed by atoms with van der Waals surface area (Å²) in [5, 5.41) is 0. The molecular formula is C11H14N4O. The Bertz CT molecular complexity index is 530. The van der Waals surface area contributed by atoms with Gasteiger partial charge in [0, 0.05) is 17.7 Å². The Labute approximate surface area is 93.1 Å². The number of ketones is 1. The fourth-order valence-electron chi connectivity index (χ4n) is 1.46. The molecule has 0 fully saturated rings. The standard InChI is InChI=1S/C11H14N4O/c1-6(2)10-14-8-3-7(9(16)4-12)5-13-11(8)15-10/h3,5-6H,4,12H2,1-2H3,(H,13,14,15). The van der Waals surface area contributed by atoms with Crippen molar-refractivity contribution in [3.63, 3.8) is 0 Å². The van der Waals surface area contributed by atoms with Crippen molar-refractivity contribution in [2.45, 2.75) is 19.8 Å². The first-order valence-electron chi connectivity index (χ1n) is 5.20. The number of nitrogens with one attached hydrogen (secondary N) is 1. The van der Waals surface area contributed by atoms with Crippen LogP contribution in [0.5, 0.6) is 0 Å². The quantitative estimate of drug-likeness (QED) is 0.758. The van der Waals surface area contributed by atoms with Gasteiger partial charge >= 0.3 is 0 Å². The number of carbonyl (C=O) groups excluding carboxylic acids is 1. The molecule has 0 unspecified atom stereocenters. The van der Waals surface area contributed by atoms with Gasteiger partial charge in [0.1, 0.15) is 5.82 Å².